The first-order valence-electron chi connectivity index (χ1n) is 9.22. The Bertz CT molecular complexity index is 1040. The quantitative estimate of drug-likeness (QED) is 0.411. The Labute approximate surface area is 171 Å². The molecule has 4 aromatic heterocycles. The van der Waals surface area contributed by atoms with Gasteiger partial charge < -0.3 is 19.1 Å². The van der Waals surface area contributed by atoms with Crippen LogP contribution in [-0.4, -0.2) is 26.1 Å². The minimum Gasteiger partial charge on any atom is -0.463 e. The fourth-order valence-corrected chi connectivity index (χ4v) is 3.78. The molecule has 0 saturated carbocycles. The van der Waals surface area contributed by atoms with Gasteiger partial charge in [0.05, 0.1) is 17.8 Å². The number of aromatic amines is 1. The average molecular weight is 408 g/mol. The Kier molecular flexibility index (Phi) is 5.53. The number of carbonyl (C=O) groups excluding carboxylic acids is 1. The molecule has 4 heterocycles. The molecule has 7 nitrogen and oxygen atoms in total. The zero-order chi connectivity index (χ0) is 20.2. The second kappa shape index (κ2) is 8.40. The summed E-state index contributed by atoms with van der Waals surface area (Å²) in [6.07, 6.45) is 5.50. The van der Waals surface area contributed by atoms with Crippen molar-refractivity contribution in [1.82, 2.24) is 15.0 Å². The minimum absolute atomic E-state index is 0.116. The number of nitrogens with one attached hydrogen (secondary N) is 2. The van der Waals surface area contributed by atoms with Crippen LogP contribution < -0.4 is 5.32 Å². The van der Waals surface area contributed by atoms with E-state index in [0.29, 0.717) is 40.3 Å². The lowest BCUT2D eigenvalue weighted by Gasteiger charge is -2.13. The van der Waals surface area contributed by atoms with Gasteiger partial charge >= 0.3 is 0 Å². The molecular weight excluding hydrogens is 388 g/mol. The van der Waals surface area contributed by atoms with Gasteiger partial charge in [0.2, 0.25) is 5.91 Å². The van der Waals surface area contributed by atoms with Gasteiger partial charge in [-0.2, -0.15) is 0 Å². The van der Waals surface area contributed by atoms with E-state index in [1.807, 2.05) is 44.2 Å². The van der Waals surface area contributed by atoms with Crippen LogP contribution in [0, 0.1) is 6.92 Å². The van der Waals surface area contributed by atoms with Crippen molar-refractivity contribution in [2.75, 3.05) is 5.32 Å². The first kappa shape index (κ1) is 19.1. The number of imidazole rings is 1. The van der Waals surface area contributed by atoms with Crippen molar-refractivity contribution in [3.63, 3.8) is 0 Å². The third kappa shape index (κ3) is 4.12. The van der Waals surface area contributed by atoms with E-state index < -0.39 is 0 Å². The summed E-state index contributed by atoms with van der Waals surface area (Å²) in [5, 5.41) is 3.19. The van der Waals surface area contributed by atoms with Crippen LogP contribution in [0.1, 0.15) is 18.9 Å². The number of hydrogen-bond acceptors (Lipinski definition) is 6. The van der Waals surface area contributed by atoms with E-state index in [0.717, 1.165) is 5.56 Å². The lowest BCUT2D eigenvalue weighted by atomic mass is 10.2. The number of H-pyrrole nitrogens is 1. The van der Waals surface area contributed by atoms with Crippen LogP contribution in [0.25, 0.3) is 22.9 Å². The van der Waals surface area contributed by atoms with Gasteiger partial charge in [-0.3, -0.25) is 4.79 Å². The van der Waals surface area contributed by atoms with Gasteiger partial charge in [-0.15, -0.1) is 0 Å². The van der Waals surface area contributed by atoms with Gasteiger partial charge in [0.1, 0.15) is 17.2 Å². The number of nitrogens with zero attached hydrogens (tertiary/aromatic N) is 2. The third-order valence-electron chi connectivity index (χ3n) is 4.37. The van der Waals surface area contributed by atoms with Gasteiger partial charge in [0.25, 0.3) is 0 Å². The molecule has 8 heteroatoms. The van der Waals surface area contributed by atoms with E-state index in [2.05, 4.69) is 20.3 Å². The molecule has 4 rings (SSSR count). The molecule has 0 saturated heterocycles. The summed E-state index contributed by atoms with van der Waals surface area (Å²) in [6.45, 7) is 3.88. The molecule has 1 unspecified atom stereocenters. The number of carbonyl (C=O) groups is 1. The molecule has 29 heavy (non-hydrogen) atoms. The maximum absolute atomic E-state index is 12.8. The predicted octanol–water partition coefficient (Wildman–Crippen LogP) is 5.14. The van der Waals surface area contributed by atoms with Crippen molar-refractivity contribution in [2.24, 2.45) is 0 Å². The van der Waals surface area contributed by atoms with E-state index in [4.69, 9.17) is 8.83 Å². The Morgan fingerprint density at radius 2 is 1.93 bits per heavy atom. The highest BCUT2D eigenvalue weighted by atomic mass is 32.2. The van der Waals surface area contributed by atoms with Gasteiger partial charge in [-0.25, -0.2) is 9.97 Å². The zero-order valence-corrected chi connectivity index (χ0v) is 16.8. The first-order chi connectivity index (χ1) is 14.2. The maximum Gasteiger partial charge on any atom is 0.239 e. The highest BCUT2D eigenvalue weighted by Gasteiger charge is 2.24. The van der Waals surface area contributed by atoms with Crippen LogP contribution >= 0.6 is 11.8 Å². The van der Waals surface area contributed by atoms with E-state index in [1.165, 1.54) is 11.8 Å². The minimum atomic E-state index is -0.337. The SMILES string of the molecule is CCC(Sc1nc(-c2ccco2)c(-c2ccco2)[nH]1)C(=O)Nc1ncccc1C. The van der Waals surface area contributed by atoms with Gasteiger partial charge in [0.15, 0.2) is 16.7 Å². The van der Waals surface area contributed by atoms with E-state index >= 15 is 0 Å². The Hall–Kier alpha value is -3.26. The fraction of sp³-hybridized carbons (Fsp3) is 0.190. The summed E-state index contributed by atoms with van der Waals surface area (Å²) in [4.78, 5) is 25.0. The summed E-state index contributed by atoms with van der Waals surface area (Å²) >= 11 is 1.36. The molecule has 1 amide bonds. The first-order valence-corrected chi connectivity index (χ1v) is 10.1. The molecule has 0 aliphatic heterocycles. The summed E-state index contributed by atoms with van der Waals surface area (Å²) in [5.41, 5.74) is 2.27. The topological polar surface area (TPSA) is 97.0 Å². The molecule has 0 aromatic carbocycles. The zero-order valence-electron chi connectivity index (χ0n) is 16.0. The Balaban J connectivity index is 1.58. The van der Waals surface area contributed by atoms with Gasteiger partial charge in [-0.1, -0.05) is 24.8 Å². The van der Waals surface area contributed by atoms with Gasteiger partial charge in [-0.05, 0) is 49.2 Å². The van der Waals surface area contributed by atoms with Crippen molar-refractivity contribution < 1.29 is 13.6 Å². The summed E-state index contributed by atoms with van der Waals surface area (Å²) in [5.74, 6) is 1.73. The molecule has 0 radical (unpaired) electrons. The molecule has 0 aliphatic carbocycles. The van der Waals surface area contributed by atoms with Crippen LogP contribution in [0.4, 0.5) is 5.82 Å². The van der Waals surface area contributed by atoms with Crippen molar-refractivity contribution in [3.8, 4) is 22.9 Å². The van der Waals surface area contributed by atoms with E-state index in [9.17, 15) is 4.79 Å². The van der Waals surface area contributed by atoms with Crippen LogP contribution in [0.15, 0.2) is 69.1 Å². The standard InChI is InChI=1S/C21H20N4O3S/c1-3-16(20(26)25-19-13(2)7-4-10-22-19)29-21-23-17(14-8-5-11-27-14)18(24-21)15-9-6-12-28-15/h4-12,16H,3H2,1-2H3,(H,23,24)(H,22,25,26). The van der Waals surface area contributed by atoms with E-state index in [1.54, 1.807) is 24.8 Å². The molecule has 0 spiro atoms. The molecule has 148 valence electrons. The summed E-state index contributed by atoms with van der Waals surface area (Å²) in [6, 6.07) is 11.1. The summed E-state index contributed by atoms with van der Waals surface area (Å²) < 4.78 is 11.1. The number of thioether (sulfide) groups is 1. The number of aromatic nitrogens is 3. The Morgan fingerprint density at radius 1 is 1.17 bits per heavy atom. The van der Waals surface area contributed by atoms with E-state index in [-0.39, 0.29) is 11.2 Å². The summed E-state index contributed by atoms with van der Waals surface area (Å²) in [7, 11) is 0. The molecule has 0 bridgehead atoms. The van der Waals surface area contributed by atoms with Crippen molar-refractivity contribution in [1.29, 1.82) is 0 Å². The number of rotatable bonds is 7. The normalized spacial score (nSPS) is 12.1. The predicted molar refractivity (Wildman–Crippen MR) is 112 cm³/mol. The molecule has 4 aromatic rings. The maximum atomic E-state index is 12.8. The van der Waals surface area contributed by atoms with Crippen LogP contribution in [0.2, 0.25) is 0 Å². The molecule has 1 atom stereocenters. The van der Waals surface area contributed by atoms with Crippen LogP contribution in [0.5, 0.6) is 0 Å². The number of anilines is 1. The average Bonchev–Trinajstić information content (AvgIpc) is 3.47. The lowest BCUT2D eigenvalue weighted by molar-refractivity contribution is -0.115. The molecular formula is C21H20N4O3S. The number of amides is 1. The van der Waals surface area contributed by atoms with Crippen molar-refractivity contribution in [3.05, 3.63) is 60.7 Å². The number of hydrogen-bond donors (Lipinski definition) is 2. The molecule has 2 N–H and O–H groups in total. The van der Waals surface area contributed by atoms with Crippen molar-refractivity contribution in [2.45, 2.75) is 30.7 Å². The second-order valence-corrected chi connectivity index (χ2v) is 7.58. The monoisotopic (exact) mass is 408 g/mol. The van der Waals surface area contributed by atoms with Crippen molar-refractivity contribution >= 4 is 23.5 Å². The lowest BCUT2D eigenvalue weighted by Crippen LogP contribution is -2.25. The fourth-order valence-electron chi connectivity index (χ4n) is 2.87. The molecule has 0 fully saturated rings. The van der Waals surface area contributed by atoms with Crippen LogP contribution in [-0.2, 0) is 4.79 Å². The number of pyridine rings is 1. The Morgan fingerprint density at radius 3 is 2.59 bits per heavy atom. The third-order valence-corrected chi connectivity index (χ3v) is 5.62. The molecule has 0 aliphatic rings. The number of aryl methyl sites for hydroxylation is 1. The van der Waals surface area contributed by atoms with Gasteiger partial charge in [0, 0.05) is 6.20 Å². The highest BCUT2D eigenvalue weighted by molar-refractivity contribution is 8.00. The number of furan rings is 2. The largest absolute Gasteiger partial charge is 0.463 e. The van der Waals surface area contributed by atoms with Crippen LogP contribution in [0.3, 0.4) is 0 Å². The second-order valence-electron chi connectivity index (χ2n) is 6.39. The highest BCUT2D eigenvalue weighted by Crippen LogP contribution is 2.35. The smallest absolute Gasteiger partial charge is 0.239 e.